The van der Waals surface area contributed by atoms with Crippen molar-refractivity contribution in [3.63, 3.8) is 0 Å². The number of nitrogens with zero attached hydrogens (tertiary/aromatic N) is 6. The van der Waals surface area contributed by atoms with Crippen LogP contribution in [0.3, 0.4) is 0 Å². The molecule has 1 fully saturated rings. The fourth-order valence-corrected chi connectivity index (χ4v) is 4.24. The van der Waals surface area contributed by atoms with Crippen molar-refractivity contribution in [2.45, 2.75) is 18.8 Å². The minimum absolute atomic E-state index is 0.0622. The van der Waals surface area contributed by atoms with Gasteiger partial charge in [0, 0.05) is 30.9 Å². The summed E-state index contributed by atoms with van der Waals surface area (Å²) < 4.78 is 19.9. The van der Waals surface area contributed by atoms with Crippen LogP contribution in [0.1, 0.15) is 24.7 Å². The van der Waals surface area contributed by atoms with Crippen molar-refractivity contribution in [1.82, 2.24) is 24.7 Å². The summed E-state index contributed by atoms with van der Waals surface area (Å²) in [5.41, 5.74) is 0.516. The van der Waals surface area contributed by atoms with Gasteiger partial charge in [-0.3, -0.25) is 4.79 Å². The van der Waals surface area contributed by atoms with E-state index in [0.29, 0.717) is 28.8 Å². The Morgan fingerprint density at radius 1 is 1.21 bits per heavy atom. The van der Waals surface area contributed by atoms with Gasteiger partial charge in [0.15, 0.2) is 0 Å². The first kappa shape index (κ1) is 17.0. The second kappa shape index (κ2) is 6.79. The van der Waals surface area contributed by atoms with E-state index in [1.54, 1.807) is 12.1 Å². The van der Waals surface area contributed by atoms with E-state index in [-0.39, 0.29) is 17.3 Å². The van der Waals surface area contributed by atoms with Crippen molar-refractivity contribution in [3.8, 4) is 11.4 Å². The topological polar surface area (TPSA) is 89.4 Å². The van der Waals surface area contributed by atoms with Gasteiger partial charge in [-0.15, -0.1) is 5.10 Å². The summed E-state index contributed by atoms with van der Waals surface area (Å²) in [6.07, 6.45) is 3.36. The summed E-state index contributed by atoms with van der Waals surface area (Å²) in [7, 11) is 0. The Balaban J connectivity index is 1.39. The number of hydrogen-bond acceptors (Lipinski definition) is 8. The molecule has 1 atom stereocenters. The van der Waals surface area contributed by atoms with Gasteiger partial charge in [-0.2, -0.15) is 9.50 Å². The van der Waals surface area contributed by atoms with Crippen LogP contribution in [0.25, 0.3) is 16.3 Å². The summed E-state index contributed by atoms with van der Waals surface area (Å²) in [5, 5.41) is 9.20. The van der Waals surface area contributed by atoms with Gasteiger partial charge in [0.1, 0.15) is 5.82 Å². The highest BCUT2D eigenvalue weighted by atomic mass is 32.1. The highest BCUT2D eigenvalue weighted by Gasteiger charge is 2.28. The molecule has 0 N–H and O–H groups in total. The maximum absolute atomic E-state index is 13.1. The van der Waals surface area contributed by atoms with E-state index in [1.807, 2.05) is 0 Å². The normalized spacial score (nSPS) is 17.3. The fraction of sp³-hybridized carbons (Fsp3) is 0.278. The molecule has 28 heavy (non-hydrogen) atoms. The lowest BCUT2D eigenvalue weighted by atomic mass is 9.98. The van der Waals surface area contributed by atoms with E-state index in [4.69, 9.17) is 4.52 Å². The second-order valence-corrected chi connectivity index (χ2v) is 7.54. The maximum atomic E-state index is 13.1. The van der Waals surface area contributed by atoms with Crippen LogP contribution in [0.4, 0.5) is 9.52 Å². The second-order valence-electron chi connectivity index (χ2n) is 6.61. The Labute approximate surface area is 162 Å². The monoisotopic (exact) mass is 398 g/mol. The first-order chi connectivity index (χ1) is 13.7. The lowest BCUT2D eigenvalue weighted by Crippen LogP contribution is -2.34. The van der Waals surface area contributed by atoms with Gasteiger partial charge in [-0.1, -0.05) is 16.5 Å². The maximum Gasteiger partial charge on any atom is 0.275 e. The summed E-state index contributed by atoms with van der Waals surface area (Å²) in [6.45, 7) is 1.50. The van der Waals surface area contributed by atoms with Crippen LogP contribution >= 0.6 is 11.3 Å². The molecule has 1 aromatic carbocycles. The summed E-state index contributed by atoms with van der Waals surface area (Å²) in [4.78, 5) is 23.3. The summed E-state index contributed by atoms with van der Waals surface area (Å²) >= 11 is 1.38. The third-order valence-corrected chi connectivity index (χ3v) is 5.73. The number of halogens is 1. The molecule has 1 aliphatic rings. The first-order valence-electron chi connectivity index (χ1n) is 8.87. The molecule has 0 amide bonds. The molecule has 5 rings (SSSR count). The van der Waals surface area contributed by atoms with Crippen LogP contribution in [0, 0.1) is 5.82 Å². The third kappa shape index (κ3) is 3.05. The molecule has 8 nitrogen and oxygen atoms in total. The number of benzene rings is 1. The predicted molar refractivity (Wildman–Crippen MR) is 101 cm³/mol. The average molecular weight is 398 g/mol. The van der Waals surface area contributed by atoms with Crippen LogP contribution in [0.5, 0.6) is 0 Å². The SMILES string of the molecule is O=c1ccnc2sc(N3CCCC(c4nc(-c5ccc(F)cc5)no4)C3)nn12. The molecule has 0 radical (unpaired) electrons. The van der Waals surface area contributed by atoms with E-state index in [2.05, 4.69) is 25.1 Å². The number of piperidine rings is 1. The molecule has 1 unspecified atom stereocenters. The van der Waals surface area contributed by atoms with E-state index in [9.17, 15) is 9.18 Å². The average Bonchev–Trinajstić information content (AvgIpc) is 3.37. The number of aromatic nitrogens is 5. The molecule has 0 aliphatic carbocycles. The summed E-state index contributed by atoms with van der Waals surface area (Å²) in [6, 6.07) is 7.39. The van der Waals surface area contributed by atoms with Gasteiger partial charge in [0.25, 0.3) is 5.56 Å². The van der Waals surface area contributed by atoms with Crippen LogP contribution in [-0.4, -0.2) is 37.8 Å². The van der Waals surface area contributed by atoms with E-state index >= 15 is 0 Å². The van der Waals surface area contributed by atoms with E-state index in [0.717, 1.165) is 24.5 Å². The van der Waals surface area contributed by atoms with Crippen LogP contribution in [0.15, 0.2) is 45.8 Å². The summed E-state index contributed by atoms with van der Waals surface area (Å²) in [5.74, 6) is 0.759. The number of fused-ring (bicyclic) bond motifs is 1. The zero-order chi connectivity index (χ0) is 19.1. The fourth-order valence-electron chi connectivity index (χ4n) is 3.33. The zero-order valence-electron chi connectivity index (χ0n) is 14.7. The van der Waals surface area contributed by atoms with E-state index in [1.165, 1.54) is 40.2 Å². The molecular weight excluding hydrogens is 383 g/mol. The molecule has 0 saturated carbocycles. The Kier molecular flexibility index (Phi) is 4.12. The molecule has 1 saturated heterocycles. The van der Waals surface area contributed by atoms with Crippen molar-refractivity contribution >= 4 is 21.4 Å². The molecule has 142 valence electrons. The highest BCUT2D eigenvalue weighted by Crippen LogP contribution is 2.31. The first-order valence-corrected chi connectivity index (χ1v) is 9.68. The number of rotatable bonds is 3. The number of anilines is 1. The molecule has 0 spiro atoms. The predicted octanol–water partition coefficient (Wildman–Crippen LogP) is 2.72. The van der Waals surface area contributed by atoms with E-state index < -0.39 is 0 Å². The zero-order valence-corrected chi connectivity index (χ0v) is 15.5. The largest absolute Gasteiger partial charge is 0.346 e. The minimum Gasteiger partial charge on any atom is -0.346 e. The molecule has 4 heterocycles. The Morgan fingerprint density at radius 2 is 2.07 bits per heavy atom. The minimum atomic E-state index is -0.306. The van der Waals surface area contributed by atoms with Crippen molar-refractivity contribution in [2.75, 3.05) is 18.0 Å². The molecule has 1 aliphatic heterocycles. The van der Waals surface area contributed by atoms with Crippen molar-refractivity contribution in [1.29, 1.82) is 0 Å². The quantitative estimate of drug-likeness (QED) is 0.524. The smallest absolute Gasteiger partial charge is 0.275 e. The van der Waals surface area contributed by atoms with Gasteiger partial charge in [0.05, 0.1) is 5.92 Å². The Bertz CT molecular complexity index is 1180. The van der Waals surface area contributed by atoms with Crippen LogP contribution in [0.2, 0.25) is 0 Å². The van der Waals surface area contributed by atoms with Crippen molar-refractivity contribution < 1.29 is 8.91 Å². The number of hydrogen-bond donors (Lipinski definition) is 0. The Hall–Kier alpha value is -3.14. The molecule has 10 heteroatoms. The lowest BCUT2D eigenvalue weighted by molar-refractivity contribution is 0.333. The van der Waals surface area contributed by atoms with Gasteiger partial charge < -0.3 is 9.42 Å². The molecule has 4 aromatic rings. The van der Waals surface area contributed by atoms with Crippen molar-refractivity contribution in [3.05, 3.63) is 58.6 Å². The van der Waals surface area contributed by atoms with Crippen LogP contribution < -0.4 is 10.5 Å². The van der Waals surface area contributed by atoms with Gasteiger partial charge >= 0.3 is 0 Å². The molecular formula is C18H15FN6O2S. The third-order valence-electron chi connectivity index (χ3n) is 4.75. The highest BCUT2D eigenvalue weighted by molar-refractivity contribution is 7.20. The van der Waals surface area contributed by atoms with Crippen LogP contribution in [-0.2, 0) is 0 Å². The lowest BCUT2D eigenvalue weighted by Gasteiger charge is -2.30. The Morgan fingerprint density at radius 3 is 2.89 bits per heavy atom. The van der Waals surface area contributed by atoms with Gasteiger partial charge in [-0.05, 0) is 37.1 Å². The standard InChI is InChI=1S/C18H15FN6O2S/c19-13-5-3-11(4-6-13)15-21-16(27-23-15)12-2-1-9-24(10-12)18-22-25-14(26)7-8-20-17(25)28-18/h3-8,12H,1-2,9-10H2. The van der Waals surface area contributed by atoms with Gasteiger partial charge in [-0.25, -0.2) is 9.37 Å². The van der Waals surface area contributed by atoms with Gasteiger partial charge in [0.2, 0.25) is 21.8 Å². The van der Waals surface area contributed by atoms with Crippen molar-refractivity contribution in [2.24, 2.45) is 0 Å². The molecule has 0 bridgehead atoms. The molecule has 3 aromatic heterocycles.